The van der Waals surface area contributed by atoms with Gasteiger partial charge in [0.05, 0.1) is 0 Å². The van der Waals surface area contributed by atoms with Gasteiger partial charge in [0, 0.05) is 6.04 Å². The highest BCUT2D eigenvalue weighted by molar-refractivity contribution is 5.46. The maximum atomic E-state index is 13.4. The predicted octanol–water partition coefficient (Wildman–Crippen LogP) is 3.90. The molecule has 0 aromatic heterocycles. The number of nitrogens with two attached hydrogens (primary N) is 1. The largest absolute Gasteiger partial charge is 0.456 e. The van der Waals surface area contributed by atoms with Crippen LogP contribution in [0.15, 0.2) is 42.5 Å². The van der Waals surface area contributed by atoms with Crippen molar-refractivity contribution in [2.45, 2.75) is 19.4 Å². The molecule has 0 fully saturated rings. The van der Waals surface area contributed by atoms with Crippen LogP contribution in [0.25, 0.3) is 0 Å². The number of hydrogen-bond acceptors (Lipinski definition) is 3. The van der Waals surface area contributed by atoms with E-state index in [2.05, 4.69) is 0 Å². The lowest BCUT2D eigenvalue weighted by Crippen LogP contribution is -2.08. The van der Waals surface area contributed by atoms with Gasteiger partial charge in [-0.1, -0.05) is 25.1 Å². The molecule has 2 aromatic carbocycles. The molecule has 1 atom stereocenters. The predicted molar refractivity (Wildman–Crippen MR) is 74.9 cm³/mol. The summed E-state index contributed by atoms with van der Waals surface area (Å²) in [5.41, 5.74) is 6.85. The van der Waals surface area contributed by atoms with Crippen molar-refractivity contribution in [3.8, 4) is 17.6 Å². The fourth-order valence-electron chi connectivity index (χ4n) is 1.84. The van der Waals surface area contributed by atoms with Gasteiger partial charge in [-0.15, -0.1) is 0 Å². The Kier molecular flexibility index (Phi) is 4.34. The average Bonchev–Trinajstić information content (AvgIpc) is 2.47. The standard InChI is InChI=1S/C16H15FN2O/c1-2-15(19)11-6-8-12(9-7-11)20-16-5-3-4-14(17)13(16)10-18/h3-9,15H,2,19H2,1H3/t15-/m0/s1. The summed E-state index contributed by atoms with van der Waals surface area (Å²) in [6.45, 7) is 2.01. The molecule has 2 rings (SSSR count). The van der Waals surface area contributed by atoms with Crippen molar-refractivity contribution >= 4 is 0 Å². The van der Waals surface area contributed by atoms with Gasteiger partial charge in [0.25, 0.3) is 0 Å². The van der Waals surface area contributed by atoms with E-state index < -0.39 is 5.82 Å². The number of hydrogen-bond donors (Lipinski definition) is 1. The number of nitriles is 1. The molecule has 102 valence electrons. The summed E-state index contributed by atoms with van der Waals surface area (Å²) < 4.78 is 19.0. The summed E-state index contributed by atoms with van der Waals surface area (Å²) in [5, 5.41) is 8.94. The quantitative estimate of drug-likeness (QED) is 0.916. The van der Waals surface area contributed by atoms with Gasteiger partial charge in [-0.2, -0.15) is 5.26 Å². The Bertz CT molecular complexity index is 632. The smallest absolute Gasteiger partial charge is 0.148 e. The van der Waals surface area contributed by atoms with Gasteiger partial charge in [-0.05, 0) is 36.2 Å². The number of benzene rings is 2. The van der Waals surface area contributed by atoms with Crippen LogP contribution >= 0.6 is 0 Å². The van der Waals surface area contributed by atoms with E-state index in [1.165, 1.54) is 12.1 Å². The third-order valence-corrected chi connectivity index (χ3v) is 3.06. The maximum absolute atomic E-state index is 13.4. The Hall–Kier alpha value is -2.38. The summed E-state index contributed by atoms with van der Waals surface area (Å²) in [7, 11) is 0. The zero-order valence-corrected chi connectivity index (χ0v) is 11.1. The number of nitrogens with zero attached hydrogens (tertiary/aromatic N) is 1. The fraction of sp³-hybridized carbons (Fsp3) is 0.188. The number of halogens is 1. The van der Waals surface area contributed by atoms with Crippen molar-refractivity contribution in [1.29, 1.82) is 5.26 Å². The van der Waals surface area contributed by atoms with Crippen LogP contribution in [0, 0.1) is 17.1 Å². The van der Waals surface area contributed by atoms with E-state index in [4.69, 9.17) is 15.7 Å². The first-order valence-corrected chi connectivity index (χ1v) is 6.37. The van der Waals surface area contributed by atoms with Gasteiger partial charge in [-0.3, -0.25) is 0 Å². The SMILES string of the molecule is CC[C@H](N)c1ccc(Oc2cccc(F)c2C#N)cc1. The minimum absolute atomic E-state index is 0.00658. The third kappa shape index (κ3) is 2.95. The van der Waals surface area contributed by atoms with Gasteiger partial charge in [0.1, 0.15) is 28.9 Å². The molecular weight excluding hydrogens is 255 g/mol. The van der Waals surface area contributed by atoms with Crippen LogP contribution in [-0.4, -0.2) is 0 Å². The molecule has 0 bridgehead atoms. The lowest BCUT2D eigenvalue weighted by molar-refractivity contribution is 0.474. The van der Waals surface area contributed by atoms with Gasteiger partial charge in [0.15, 0.2) is 0 Å². The molecule has 2 N–H and O–H groups in total. The molecule has 3 nitrogen and oxygen atoms in total. The van der Waals surface area contributed by atoms with Gasteiger partial charge < -0.3 is 10.5 Å². The topological polar surface area (TPSA) is 59.0 Å². The molecule has 0 aliphatic heterocycles. The highest BCUT2D eigenvalue weighted by Gasteiger charge is 2.10. The van der Waals surface area contributed by atoms with E-state index in [-0.39, 0.29) is 17.4 Å². The molecule has 0 amide bonds. The van der Waals surface area contributed by atoms with Gasteiger partial charge in [-0.25, -0.2) is 4.39 Å². The normalized spacial score (nSPS) is 11.7. The fourth-order valence-corrected chi connectivity index (χ4v) is 1.84. The number of ether oxygens (including phenoxy) is 1. The molecular formula is C16H15FN2O. The van der Waals surface area contributed by atoms with Crippen molar-refractivity contribution in [1.82, 2.24) is 0 Å². The molecule has 0 unspecified atom stereocenters. The highest BCUT2D eigenvalue weighted by atomic mass is 19.1. The minimum atomic E-state index is -0.588. The molecule has 0 saturated heterocycles. The third-order valence-electron chi connectivity index (χ3n) is 3.06. The van der Waals surface area contributed by atoms with Crippen molar-refractivity contribution in [2.24, 2.45) is 5.73 Å². The molecule has 0 aliphatic rings. The summed E-state index contributed by atoms with van der Waals surface area (Å²) in [6, 6.07) is 13.4. The van der Waals surface area contributed by atoms with Crippen LogP contribution in [0.3, 0.4) is 0 Å². The Morgan fingerprint density at radius 3 is 2.55 bits per heavy atom. The summed E-state index contributed by atoms with van der Waals surface area (Å²) in [5.74, 6) is 0.161. The molecule has 4 heteroatoms. The molecule has 0 spiro atoms. The van der Waals surface area contributed by atoms with Crippen LogP contribution in [0.1, 0.15) is 30.5 Å². The highest BCUT2D eigenvalue weighted by Crippen LogP contribution is 2.27. The van der Waals surface area contributed by atoms with E-state index in [1.807, 2.05) is 19.1 Å². The summed E-state index contributed by atoms with van der Waals surface area (Å²) in [4.78, 5) is 0. The van der Waals surface area contributed by atoms with Crippen molar-refractivity contribution in [3.63, 3.8) is 0 Å². The Balaban J connectivity index is 2.23. The molecule has 0 saturated carbocycles. The Morgan fingerprint density at radius 1 is 1.25 bits per heavy atom. The second-order valence-electron chi connectivity index (χ2n) is 4.41. The number of rotatable bonds is 4. The average molecular weight is 270 g/mol. The van der Waals surface area contributed by atoms with Crippen LogP contribution in [0.5, 0.6) is 11.5 Å². The first-order chi connectivity index (χ1) is 9.65. The minimum Gasteiger partial charge on any atom is -0.456 e. The lowest BCUT2D eigenvalue weighted by Gasteiger charge is -2.11. The molecule has 0 aliphatic carbocycles. The zero-order chi connectivity index (χ0) is 14.5. The van der Waals surface area contributed by atoms with E-state index in [9.17, 15) is 4.39 Å². The molecule has 20 heavy (non-hydrogen) atoms. The molecule has 2 aromatic rings. The van der Waals surface area contributed by atoms with E-state index in [0.29, 0.717) is 5.75 Å². The lowest BCUT2D eigenvalue weighted by atomic mass is 10.1. The van der Waals surface area contributed by atoms with Gasteiger partial charge >= 0.3 is 0 Å². The Morgan fingerprint density at radius 2 is 1.95 bits per heavy atom. The van der Waals surface area contributed by atoms with Crippen molar-refractivity contribution in [3.05, 3.63) is 59.4 Å². The molecule has 0 radical (unpaired) electrons. The van der Waals surface area contributed by atoms with E-state index in [1.54, 1.807) is 24.3 Å². The molecule has 0 heterocycles. The maximum Gasteiger partial charge on any atom is 0.148 e. The van der Waals surface area contributed by atoms with E-state index in [0.717, 1.165) is 12.0 Å². The first-order valence-electron chi connectivity index (χ1n) is 6.37. The van der Waals surface area contributed by atoms with E-state index >= 15 is 0 Å². The van der Waals surface area contributed by atoms with Gasteiger partial charge in [0.2, 0.25) is 0 Å². The van der Waals surface area contributed by atoms with Crippen molar-refractivity contribution in [2.75, 3.05) is 0 Å². The summed E-state index contributed by atoms with van der Waals surface area (Å²) in [6.07, 6.45) is 0.850. The van der Waals surface area contributed by atoms with Crippen LogP contribution in [0.4, 0.5) is 4.39 Å². The monoisotopic (exact) mass is 270 g/mol. The van der Waals surface area contributed by atoms with Crippen LogP contribution < -0.4 is 10.5 Å². The second kappa shape index (κ2) is 6.18. The first kappa shape index (κ1) is 14.0. The van der Waals surface area contributed by atoms with Crippen LogP contribution in [0.2, 0.25) is 0 Å². The zero-order valence-electron chi connectivity index (χ0n) is 11.1. The van der Waals surface area contributed by atoms with Crippen LogP contribution in [-0.2, 0) is 0 Å². The second-order valence-corrected chi connectivity index (χ2v) is 4.41. The summed E-state index contributed by atoms with van der Waals surface area (Å²) >= 11 is 0. The Labute approximate surface area is 117 Å². The van der Waals surface area contributed by atoms with Crippen molar-refractivity contribution < 1.29 is 9.13 Å².